The van der Waals surface area contributed by atoms with Gasteiger partial charge >= 0.3 is 5.69 Å². The third kappa shape index (κ3) is 7.68. The van der Waals surface area contributed by atoms with Crippen molar-refractivity contribution < 1.29 is 28.6 Å². The molecular weight excluding hydrogens is 713 g/mol. The average Bonchev–Trinajstić information content (AvgIpc) is 3.72. The monoisotopic (exact) mass is 743 g/mol. The van der Waals surface area contributed by atoms with Gasteiger partial charge in [0.15, 0.2) is 17.0 Å². The highest BCUT2D eigenvalue weighted by atomic mass is 35.5. The molecule has 0 saturated carbocycles. The lowest BCUT2D eigenvalue weighted by Crippen LogP contribution is -2.58. The summed E-state index contributed by atoms with van der Waals surface area (Å²) in [5.74, 6) is -0.651. The first-order valence-electron chi connectivity index (χ1n) is 15.5. The van der Waals surface area contributed by atoms with Crippen molar-refractivity contribution in [3.8, 4) is 22.7 Å². The van der Waals surface area contributed by atoms with Crippen LogP contribution in [0.5, 0.6) is 5.75 Å². The van der Waals surface area contributed by atoms with Crippen LogP contribution in [0.1, 0.15) is 42.7 Å². The number of hydrogen-bond acceptors (Lipinski definition) is 10. The molecule has 5 aromatic rings. The number of nitrogens with zero attached hydrogens (tertiary/aromatic N) is 5. The van der Waals surface area contributed by atoms with E-state index in [0.29, 0.717) is 44.9 Å². The van der Waals surface area contributed by atoms with Gasteiger partial charge in [-0.25, -0.2) is 9.31 Å². The van der Waals surface area contributed by atoms with Gasteiger partial charge in [-0.05, 0) is 66.5 Å². The summed E-state index contributed by atoms with van der Waals surface area (Å²) in [6, 6.07) is 14.8. The number of nitrogens with one attached hydrogen (secondary N) is 2. The van der Waals surface area contributed by atoms with E-state index in [1.165, 1.54) is 12.1 Å². The number of fused-ring (bicyclic) bond motifs is 1. The van der Waals surface area contributed by atoms with Gasteiger partial charge < -0.3 is 20.1 Å². The first-order chi connectivity index (χ1) is 24.0. The van der Waals surface area contributed by atoms with Crippen molar-refractivity contribution in [3.63, 3.8) is 0 Å². The smallest absolute Gasteiger partial charge is 0.301 e. The minimum absolute atomic E-state index is 0.0185. The average molecular weight is 745 g/mol. The molecule has 0 atom stereocenters. The number of rotatable bonds is 15. The highest BCUT2D eigenvalue weighted by molar-refractivity contribution is 6.35. The topological polar surface area (TPSA) is 177 Å². The Hall–Kier alpha value is -4.76. The SMILES string of the molecule is CCC(CC)(NC(=O)c1nn(-c2ccc(Cl)cc2Cl)c(-c2ccc(Cl)cc2)c1C)C(=O)NCCOCCOc1ccc([N+](=O)[O-])c2nonc12. The van der Waals surface area contributed by atoms with E-state index < -0.39 is 16.4 Å². The Bertz CT molecular complexity index is 2030. The molecule has 17 heteroatoms. The molecule has 2 heterocycles. The molecule has 0 aliphatic heterocycles. The number of halogens is 3. The van der Waals surface area contributed by atoms with Gasteiger partial charge in [0.05, 0.1) is 34.5 Å². The first kappa shape index (κ1) is 36.5. The van der Waals surface area contributed by atoms with Crippen molar-refractivity contribution in [2.75, 3.05) is 26.4 Å². The lowest BCUT2D eigenvalue weighted by atomic mass is 9.91. The maximum absolute atomic E-state index is 13.9. The number of carbonyl (C=O) groups excluding carboxylic acids is 2. The summed E-state index contributed by atoms with van der Waals surface area (Å²) in [6.07, 6.45) is 0.617. The van der Waals surface area contributed by atoms with E-state index in [9.17, 15) is 19.7 Å². The Labute approximate surface area is 301 Å². The Morgan fingerprint density at radius 3 is 2.34 bits per heavy atom. The fraction of sp³-hybridized carbons (Fsp3) is 0.303. The second-order valence-electron chi connectivity index (χ2n) is 11.1. The highest BCUT2D eigenvalue weighted by Crippen LogP contribution is 2.34. The zero-order valence-corrected chi connectivity index (χ0v) is 29.4. The van der Waals surface area contributed by atoms with E-state index in [0.717, 1.165) is 5.56 Å². The number of nitro groups is 1. The number of aromatic nitrogens is 4. The molecule has 0 saturated heterocycles. The zero-order chi connectivity index (χ0) is 36.0. The van der Waals surface area contributed by atoms with Crippen molar-refractivity contribution in [1.82, 2.24) is 30.7 Å². The van der Waals surface area contributed by atoms with E-state index in [4.69, 9.17) is 44.3 Å². The minimum Gasteiger partial charge on any atom is -0.489 e. The molecule has 0 unspecified atom stereocenters. The van der Waals surface area contributed by atoms with Gasteiger partial charge in [0, 0.05) is 33.8 Å². The van der Waals surface area contributed by atoms with E-state index in [2.05, 4.69) is 30.7 Å². The molecule has 0 radical (unpaired) electrons. The summed E-state index contributed by atoms with van der Waals surface area (Å²) >= 11 is 18.9. The zero-order valence-electron chi connectivity index (χ0n) is 27.2. The van der Waals surface area contributed by atoms with Gasteiger partial charge in [0.25, 0.3) is 5.91 Å². The summed E-state index contributed by atoms with van der Waals surface area (Å²) < 4.78 is 17.4. The molecule has 0 spiro atoms. The molecule has 5 rings (SSSR count). The Morgan fingerprint density at radius 2 is 1.66 bits per heavy atom. The van der Waals surface area contributed by atoms with Gasteiger partial charge in [-0.2, -0.15) is 5.10 Å². The van der Waals surface area contributed by atoms with Crippen molar-refractivity contribution in [2.24, 2.45) is 0 Å². The van der Waals surface area contributed by atoms with Gasteiger partial charge in [-0.3, -0.25) is 19.7 Å². The van der Waals surface area contributed by atoms with Crippen molar-refractivity contribution in [1.29, 1.82) is 0 Å². The molecule has 2 N–H and O–H groups in total. The molecule has 0 aliphatic carbocycles. The van der Waals surface area contributed by atoms with Crippen LogP contribution in [0.2, 0.25) is 15.1 Å². The van der Waals surface area contributed by atoms with Crippen LogP contribution in [0.25, 0.3) is 28.0 Å². The van der Waals surface area contributed by atoms with Gasteiger partial charge in [0.2, 0.25) is 11.4 Å². The van der Waals surface area contributed by atoms with Crippen LogP contribution in [-0.2, 0) is 9.53 Å². The van der Waals surface area contributed by atoms with E-state index in [1.54, 1.807) is 41.9 Å². The van der Waals surface area contributed by atoms with E-state index in [-0.39, 0.29) is 60.4 Å². The minimum atomic E-state index is -1.23. The number of carbonyl (C=O) groups is 2. The third-order valence-corrected chi connectivity index (χ3v) is 8.95. The number of amides is 2. The summed E-state index contributed by atoms with van der Waals surface area (Å²) in [5, 5.41) is 30.2. The quantitative estimate of drug-likeness (QED) is 0.0662. The van der Waals surface area contributed by atoms with Gasteiger partial charge in [0.1, 0.15) is 12.1 Å². The first-order valence-corrected chi connectivity index (χ1v) is 16.6. The lowest BCUT2D eigenvalue weighted by Gasteiger charge is -2.31. The normalized spacial score (nSPS) is 11.5. The fourth-order valence-corrected chi connectivity index (χ4v) is 5.99. The molecular formula is C33H32Cl3N7O7. The van der Waals surface area contributed by atoms with E-state index >= 15 is 0 Å². The fourth-order valence-electron chi connectivity index (χ4n) is 5.38. The van der Waals surface area contributed by atoms with Gasteiger partial charge in [-0.1, -0.05) is 60.8 Å². The van der Waals surface area contributed by atoms with Crippen LogP contribution >= 0.6 is 34.8 Å². The maximum atomic E-state index is 13.9. The van der Waals surface area contributed by atoms with Crippen LogP contribution < -0.4 is 15.4 Å². The number of non-ortho nitro benzene ring substituents is 1. The summed E-state index contributed by atoms with van der Waals surface area (Å²) in [7, 11) is 0. The third-order valence-electron chi connectivity index (χ3n) is 8.16. The Balaban J connectivity index is 1.23. The van der Waals surface area contributed by atoms with Crippen molar-refractivity contribution >= 4 is 63.3 Å². The standard InChI is InChI=1S/C33H32Cl3N7O7/c1-4-33(5-2,32(45)37-14-15-48-16-17-49-26-13-12-25(43(46)47)28-29(26)41-50-40-28)38-31(44)27-19(3)30(20-6-8-21(34)9-7-20)42(39-27)24-11-10-22(35)18-23(24)36/h6-13,18H,4-5,14-17H2,1-3H3,(H,37,45)(H,38,44). The predicted octanol–water partition coefficient (Wildman–Crippen LogP) is 6.75. The van der Waals surface area contributed by atoms with Crippen molar-refractivity contribution in [2.45, 2.75) is 39.2 Å². The summed E-state index contributed by atoms with van der Waals surface area (Å²) in [6.45, 7) is 5.98. The van der Waals surface area contributed by atoms with Crippen LogP contribution in [0.15, 0.2) is 59.2 Å². The Kier molecular flexibility index (Phi) is 11.6. The second kappa shape index (κ2) is 15.9. The summed E-state index contributed by atoms with van der Waals surface area (Å²) in [4.78, 5) is 38.0. The number of benzene rings is 3. The predicted molar refractivity (Wildman–Crippen MR) is 187 cm³/mol. The molecule has 0 bridgehead atoms. The van der Waals surface area contributed by atoms with Crippen LogP contribution in [0.4, 0.5) is 5.69 Å². The molecule has 2 amide bonds. The molecule has 262 valence electrons. The van der Waals surface area contributed by atoms with Crippen molar-refractivity contribution in [3.05, 3.63) is 91.0 Å². The van der Waals surface area contributed by atoms with E-state index in [1.807, 2.05) is 26.0 Å². The van der Waals surface area contributed by atoms with Crippen LogP contribution in [0.3, 0.4) is 0 Å². The van der Waals surface area contributed by atoms with Crippen LogP contribution in [-0.4, -0.2) is 68.7 Å². The number of ether oxygens (including phenoxy) is 2. The molecule has 50 heavy (non-hydrogen) atoms. The Morgan fingerprint density at radius 1 is 0.960 bits per heavy atom. The molecule has 3 aromatic carbocycles. The number of nitro benzene ring substituents is 1. The molecule has 2 aromatic heterocycles. The molecule has 0 aliphatic rings. The number of hydrogen-bond donors (Lipinski definition) is 2. The molecule has 14 nitrogen and oxygen atoms in total. The summed E-state index contributed by atoms with van der Waals surface area (Å²) in [5.41, 5.74) is 1.20. The highest BCUT2D eigenvalue weighted by Gasteiger charge is 2.38. The maximum Gasteiger partial charge on any atom is 0.301 e. The largest absolute Gasteiger partial charge is 0.489 e. The van der Waals surface area contributed by atoms with Gasteiger partial charge in [-0.15, -0.1) is 0 Å². The van der Waals surface area contributed by atoms with Crippen LogP contribution in [0, 0.1) is 17.0 Å². The second-order valence-corrected chi connectivity index (χ2v) is 12.4. The molecule has 0 fully saturated rings. The lowest BCUT2D eigenvalue weighted by molar-refractivity contribution is -0.383.